The first-order valence-electron chi connectivity index (χ1n) is 5.69. The Labute approximate surface area is 111 Å². The number of hydrogen-bond donors (Lipinski definition) is 0. The van der Waals surface area contributed by atoms with E-state index < -0.39 is 0 Å². The first-order chi connectivity index (χ1) is 8.74. The average molecular weight is 265 g/mol. The van der Waals surface area contributed by atoms with Crippen molar-refractivity contribution in [2.24, 2.45) is 0 Å². The second kappa shape index (κ2) is 5.69. The summed E-state index contributed by atoms with van der Waals surface area (Å²) in [6.07, 6.45) is 1.69. The molecule has 1 aliphatic rings. The molecule has 18 heavy (non-hydrogen) atoms. The number of amides is 1. The van der Waals surface area contributed by atoms with E-state index in [-0.39, 0.29) is 11.8 Å². The number of carbonyl (C=O) groups is 1. The number of halogens is 1. The Hall–Kier alpha value is -1.80. The maximum absolute atomic E-state index is 11.4. The Morgan fingerprint density at radius 3 is 2.61 bits per heavy atom. The number of hydrogen-bond acceptors (Lipinski definition) is 4. The van der Waals surface area contributed by atoms with Crippen LogP contribution in [0.2, 0.25) is 0 Å². The fraction of sp³-hybridized carbons (Fsp3) is 0.417. The van der Waals surface area contributed by atoms with Gasteiger partial charge in [-0.05, 0) is 12.1 Å². The monoisotopic (exact) mass is 264 g/mol. The van der Waals surface area contributed by atoms with Crippen molar-refractivity contribution in [1.82, 2.24) is 9.88 Å². The first kappa shape index (κ1) is 12.7. The fourth-order valence-electron chi connectivity index (χ4n) is 1.94. The van der Waals surface area contributed by atoms with E-state index in [4.69, 9.17) is 16.9 Å². The lowest BCUT2D eigenvalue weighted by Crippen LogP contribution is -2.49. The van der Waals surface area contributed by atoms with Crippen molar-refractivity contribution in [3.63, 3.8) is 0 Å². The zero-order valence-electron chi connectivity index (χ0n) is 9.84. The predicted molar refractivity (Wildman–Crippen MR) is 68.5 cm³/mol. The van der Waals surface area contributed by atoms with Gasteiger partial charge in [0.05, 0.1) is 11.9 Å². The number of anilines is 1. The topological polar surface area (TPSA) is 60.2 Å². The summed E-state index contributed by atoms with van der Waals surface area (Å²) in [5, 5.41) is 8.68. The summed E-state index contributed by atoms with van der Waals surface area (Å²) in [7, 11) is 0. The number of nitriles is 1. The summed E-state index contributed by atoms with van der Waals surface area (Å²) in [6.45, 7) is 2.86. The number of piperazine rings is 1. The van der Waals surface area contributed by atoms with Gasteiger partial charge in [0.25, 0.3) is 0 Å². The van der Waals surface area contributed by atoms with Gasteiger partial charge in [-0.15, -0.1) is 11.6 Å². The first-order valence-corrected chi connectivity index (χ1v) is 6.23. The van der Waals surface area contributed by atoms with Crippen LogP contribution < -0.4 is 4.90 Å². The molecule has 1 aliphatic heterocycles. The van der Waals surface area contributed by atoms with Crippen LogP contribution in [0.1, 0.15) is 5.69 Å². The molecule has 0 saturated carbocycles. The number of rotatable bonds is 2. The van der Waals surface area contributed by atoms with Crippen molar-refractivity contribution in [1.29, 1.82) is 5.26 Å². The highest BCUT2D eigenvalue weighted by Crippen LogP contribution is 2.15. The van der Waals surface area contributed by atoms with Crippen LogP contribution in [-0.2, 0) is 4.79 Å². The molecule has 0 aliphatic carbocycles. The van der Waals surface area contributed by atoms with Gasteiger partial charge in [0.2, 0.25) is 5.91 Å². The number of aromatic nitrogens is 1. The van der Waals surface area contributed by atoms with Gasteiger partial charge >= 0.3 is 0 Å². The summed E-state index contributed by atoms with van der Waals surface area (Å²) in [4.78, 5) is 19.4. The molecule has 0 bridgehead atoms. The molecule has 1 amide bonds. The number of alkyl halides is 1. The maximum Gasteiger partial charge on any atom is 0.237 e. The molecule has 0 radical (unpaired) electrons. The molecule has 0 unspecified atom stereocenters. The van der Waals surface area contributed by atoms with E-state index in [0.29, 0.717) is 18.8 Å². The van der Waals surface area contributed by atoms with Gasteiger partial charge in [-0.2, -0.15) is 5.26 Å². The Morgan fingerprint density at radius 1 is 1.39 bits per heavy atom. The molecular weight excluding hydrogens is 252 g/mol. The van der Waals surface area contributed by atoms with Crippen molar-refractivity contribution in [3.8, 4) is 6.07 Å². The van der Waals surface area contributed by atoms with Gasteiger partial charge in [0.15, 0.2) is 0 Å². The Bertz CT molecular complexity index is 460. The minimum absolute atomic E-state index is 0.0192. The summed E-state index contributed by atoms with van der Waals surface area (Å²) < 4.78 is 0. The SMILES string of the molecule is N#Cc1ccc(N2CCN(C(=O)CCl)CC2)cn1. The molecule has 5 nitrogen and oxygen atoms in total. The largest absolute Gasteiger partial charge is 0.367 e. The lowest BCUT2D eigenvalue weighted by atomic mass is 10.2. The normalized spacial score (nSPS) is 15.3. The van der Waals surface area contributed by atoms with Crippen molar-refractivity contribution >= 4 is 23.2 Å². The van der Waals surface area contributed by atoms with E-state index in [1.807, 2.05) is 12.1 Å². The molecule has 1 aromatic rings. The molecule has 0 N–H and O–H groups in total. The molecule has 0 atom stereocenters. The number of carbonyl (C=O) groups excluding carboxylic acids is 1. The van der Waals surface area contributed by atoms with Crippen LogP contribution in [-0.4, -0.2) is 47.9 Å². The zero-order chi connectivity index (χ0) is 13.0. The van der Waals surface area contributed by atoms with Crippen LogP contribution in [0.25, 0.3) is 0 Å². The van der Waals surface area contributed by atoms with E-state index in [2.05, 4.69) is 9.88 Å². The fourth-order valence-corrected chi connectivity index (χ4v) is 2.11. The van der Waals surface area contributed by atoms with Gasteiger partial charge in [0, 0.05) is 26.2 Å². The molecule has 1 saturated heterocycles. The van der Waals surface area contributed by atoms with E-state index in [1.54, 1.807) is 17.2 Å². The highest BCUT2D eigenvalue weighted by molar-refractivity contribution is 6.27. The number of pyridine rings is 1. The molecule has 0 aromatic carbocycles. The molecule has 1 aromatic heterocycles. The van der Waals surface area contributed by atoms with Crippen molar-refractivity contribution in [2.75, 3.05) is 37.0 Å². The van der Waals surface area contributed by atoms with Gasteiger partial charge < -0.3 is 9.80 Å². The third-order valence-electron chi connectivity index (χ3n) is 2.97. The number of nitrogens with zero attached hydrogens (tertiary/aromatic N) is 4. The summed E-state index contributed by atoms with van der Waals surface area (Å²) >= 11 is 5.53. The van der Waals surface area contributed by atoms with Gasteiger partial charge in [-0.1, -0.05) is 0 Å². The summed E-state index contributed by atoms with van der Waals surface area (Å²) in [6, 6.07) is 5.57. The molecule has 2 heterocycles. The van der Waals surface area contributed by atoms with Crippen LogP contribution in [0, 0.1) is 11.3 Å². The van der Waals surface area contributed by atoms with Gasteiger partial charge in [0.1, 0.15) is 17.6 Å². The Morgan fingerprint density at radius 2 is 2.11 bits per heavy atom. The smallest absolute Gasteiger partial charge is 0.237 e. The second-order valence-corrected chi connectivity index (χ2v) is 4.28. The van der Waals surface area contributed by atoms with Crippen molar-refractivity contribution < 1.29 is 4.79 Å². The van der Waals surface area contributed by atoms with Gasteiger partial charge in [-0.3, -0.25) is 4.79 Å². The van der Waals surface area contributed by atoms with Crippen LogP contribution in [0.3, 0.4) is 0 Å². The minimum atomic E-state index is -0.0192. The highest BCUT2D eigenvalue weighted by Gasteiger charge is 2.20. The lowest BCUT2D eigenvalue weighted by molar-refractivity contribution is -0.128. The maximum atomic E-state index is 11.4. The van der Waals surface area contributed by atoms with Crippen molar-refractivity contribution in [3.05, 3.63) is 24.0 Å². The zero-order valence-corrected chi connectivity index (χ0v) is 10.6. The highest BCUT2D eigenvalue weighted by atomic mass is 35.5. The summed E-state index contributed by atoms with van der Waals surface area (Å²) in [5.74, 6) is 0.0209. The predicted octanol–water partition coefficient (Wildman–Crippen LogP) is 0.841. The molecule has 1 fully saturated rings. The molecule has 6 heteroatoms. The average Bonchev–Trinajstić information content (AvgIpc) is 2.47. The lowest BCUT2D eigenvalue weighted by Gasteiger charge is -2.35. The third kappa shape index (κ3) is 2.71. The quantitative estimate of drug-likeness (QED) is 0.743. The van der Waals surface area contributed by atoms with E-state index in [9.17, 15) is 4.79 Å². The standard InChI is InChI=1S/C12H13ClN4O/c13-7-12(18)17-5-3-16(4-6-17)11-2-1-10(8-14)15-9-11/h1-2,9H,3-7H2. The molecular formula is C12H13ClN4O. The molecule has 94 valence electrons. The van der Waals surface area contributed by atoms with Crippen LogP contribution in [0.5, 0.6) is 0 Å². The third-order valence-corrected chi connectivity index (χ3v) is 3.20. The van der Waals surface area contributed by atoms with E-state index in [1.165, 1.54) is 0 Å². The van der Waals surface area contributed by atoms with Gasteiger partial charge in [-0.25, -0.2) is 4.98 Å². The van der Waals surface area contributed by atoms with Crippen LogP contribution in [0.15, 0.2) is 18.3 Å². The second-order valence-electron chi connectivity index (χ2n) is 4.01. The van der Waals surface area contributed by atoms with E-state index in [0.717, 1.165) is 18.8 Å². The molecule has 2 rings (SSSR count). The molecule has 0 spiro atoms. The minimum Gasteiger partial charge on any atom is -0.367 e. The van der Waals surface area contributed by atoms with Crippen molar-refractivity contribution in [2.45, 2.75) is 0 Å². The Kier molecular flexibility index (Phi) is 4.00. The van der Waals surface area contributed by atoms with E-state index >= 15 is 0 Å². The van der Waals surface area contributed by atoms with Crippen LogP contribution in [0.4, 0.5) is 5.69 Å². The Balaban J connectivity index is 1.97. The summed E-state index contributed by atoms with van der Waals surface area (Å²) in [5.41, 5.74) is 1.39. The van der Waals surface area contributed by atoms with Crippen LogP contribution >= 0.6 is 11.6 Å².